The maximum atomic E-state index is 10.6. The number of rotatable bonds is 1. The summed E-state index contributed by atoms with van der Waals surface area (Å²) in [5, 5.41) is 10.6. The van der Waals surface area contributed by atoms with Crippen LogP contribution in [0.4, 0.5) is 0 Å². The molecule has 3 aliphatic carbocycles. The Kier molecular flexibility index (Phi) is 3.30. The molecule has 2 heteroatoms. The Labute approximate surface area is 133 Å². The van der Waals surface area contributed by atoms with Crippen LogP contribution in [0.15, 0.2) is 18.2 Å². The van der Waals surface area contributed by atoms with Gasteiger partial charge in [0, 0.05) is 0 Å². The fourth-order valence-corrected chi connectivity index (χ4v) is 6.19. The van der Waals surface area contributed by atoms with E-state index in [2.05, 4.69) is 32.0 Å². The number of hydrogen-bond acceptors (Lipinski definition) is 2. The van der Waals surface area contributed by atoms with E-state index in [4.69, 9.17) is 4.74 Å². The van der Waals surface area contributed by atoms with Gasteiger partial charge in [-0.05, 0) is 84.5 Å². The summed E-state index contributed by atoms with van der Waals surface area (Å²) in [7, 11) is 1.75. The molecule has 0 aliphatic heterocycles. The molecule has 6 atom stereocenters. The van der Waals surface area contributed by atoms with Crippen molar-refractivity contribution < 1.29 is 9.84 Å². The van der Waals surface area contributed by atoms with Gasteiger partial charge in [-0.2, -0.15) is 0 Å². The first-order valence-corrected chi connectivity index (χ1v) is 8.89. The summed E-state index contributed by atoms with van der Waals surface area (Å²) in [6, 6.07) is 6.68. The summed E-state index contributed by atoms with van der Waals surface area (Å²) in [6.45, 7) is 4.72. The minimum atomic E-state index is -0.0919. The number of hydrogen-bond donors (Lipinski definition) is 1. The fourth-order valence-electron chi connectivity index (χ4n) is 6.19. The van der Waals surface area contributed by atoms with E-state index in [1.54, 1.807) is 12.7 Å². The summed E-state index contributed by atoms with van der Waals surface area (Å²) >= 11 is 0. The predicted octanol–water partition coefficient (Wildman–Crippen LogP) is 4.16. The average Bonchev–Trinajstić information content (AvgIpc) is 2.76. The van der Waals surface area contributed by atoms with E-state index in [9.17, 15) is 5.11 Å². The average molecular weight is 300 g/mol. The van der Waals surface area contributed by atoms with Crippen molar-refractivity contribution in [2.45, 2.75) is 58.0 Å². The zero-order valence-corrected chi connectivity index (χ0v) is 14.0. The number of ether oxygens (including phenoxy) is 1. The lowest BCUT2D eigenvalue weighted by Gasteiger charge is -2.51. The van der Waals surface area contributed by atoms with Gasteiger partial charge in [0.2, 0.25) is 0 Å². The molecular weight excluding hydrogens is 272 g/mol. The summed E-state index contributed by atoms with van der Waals surface area (Å²) in [5.41, 5.74) is 3.22. The van der Waals surface area contributed by atoms with Crippen molar-refractivity contribution in [1.29, 1.82) is 0 Å². The lowest BCUT2D eigenvalue weighted by atomic mass is 9.54. The Morgan fingerprint density at radius 1 is 1.27 bits per heavy atom. The Balaban J connectivity index is 1.71. The maximum absolute atomic E-state index is 10.6. The first-order chi connectivity index (χ1) is 10.5. The molecule has 0 heterocycles. The van der Waals surface area contributed by atoms with Gasteiger partial charge in [-0.3, -0.25) is 0 Å². The SMILES string of the molecule is COc1ccc2c(c1)CCC1C2CC[C@]2(C)C(O)CC(C)C12. The number of methoxy groups -OCH3 is 1. The zero-order valence-electron chi connectivity index (χ0n) is 14.0. The molecule has 0 radical (unpaired) electrons. The summed E-state index contributed by atoms with van der Waals surface area (Å²) < 4.78 is 5.40. The molecule has 2 nitrogen and oxygen atoms in total. The van der Waals surface area contributed by atoms with Gasteiger partial charge in [-0.15, -0.1) is 0 Å². The second-order valence-corrected chi connectivity index (χ2v) is 8.17. The highest BCUT2D eigenvalue weighted by Gasteiger charge is 2.57. The quantitative estimate of drug-likeness (QED) is 0.844. The molecule has 2 fully saturated rings. The number of aryl methyl sites for hydroxylation is 1. The molecular formula is C20H28O2. The molecule has 2 saturated carbocycles. The van der Waals surface area contributed by atoms with E-state index >= 15 is 0 Å². The van der Waals surface area contributed by atoms with Crippen molar-refractivity contribution in [3.8, 4) is 5.75 Å². The number of aliphatic hydroxyl groups excluding tert-OH is 1. The predicted molar refractivity (Wildman–Crippen MR) is 88.2 cm³/mol. The van der Waals surface area contributed by atoms with Crippen molar-refractivity contribution >= 4 is 0 Å². The van der Waals surface area contributed by atoms with Gasteiger partial charge in [0.15, 0.2) is 0 Å². The largest absolute Gasteiger partial charge is 0.497 e. The molecule has 1 N–H and O–H groups in total. The normalized spacial score (nSPS) is 43.2. The number of aliphatic hydroxyl groups is 1. The van der Waals surface area contributed by atoms with E-state index in [0.29, 0.717) is 17.8 Å². The van der Waals surface area contributed by atoms with Crippen LogP contribution < -0.4 is 4.74 Å². The lowest BCUT2D eigenvalue weighted by molar-refractivity contribution is -0.0286. The van der Waals surface area contributed by atoms with Crippen LogP contribution in [0, 0.1) is 23.2 Å². The van der Waals surface area contributed by atoms with Crippen molar-refractivity contribution in [2.24, 2.45) is 23.2 Å². The molecule has 5 unspecified atom stereocenters. The van der Waals surface area contributed by atoms with E-state index in [1.165, 1.54) is 31.2 Å². The standard InChI is InChI=1S/C20H28O2/c1-12-10-18(21)20(2)9-8-16-15-7-5-14(22-3)11-13(15)4-6-17(16)19(12)20/h5,7,11-12,16-19,21H,4,6,8-10H2,1-3H3/t12?,16?,17?,18?,19?,20-/m1/s1. The lowest BCUT2D eigenvalue weighted by Crippen LogP contribution is -2.45. The highest BCUT2D eigenvalue weighted by atomic mass is 16.5. The smallest absolute Gasteiger partial charge is 0.119 e. The van der Waals surface area contributed by atoms with Crippen LogP contribution in [0.2, 0.25) is 0 Å². The van der Waals surface area contributed by atoms with Gasteiger partial charge in [0.25, 0.3) is 0 Å². The van der Waals surface area contributed by atoms with E-state index in [-0.39, 0.29) is 11.5 Å². The molecule has 1 aromatic carbocycles. The van der Waals surface area contributed by atoms with Crippen molar-refractivity contribution in [3.05, 3.63) is 29.3 Å². The highest BCUT2D eigenvalue weighted by molar-refractivity contribution is 5.40. The molecule has 0 bridgehead atoms. The monoisotopic (exact) mass is 300 g/mol. The second kappa shape index (κ2) is 4.99. The Hall–Kier alpha value is -1.02. The van der Waals surface area contributed by atoms with Gasteiger partial charge in [0.05, 0.1) is 13.2 Å². The Morgan fingerprint density at radius 2 is 2.09 bits per heavy atom. The van der Waals surface area contributed by atoms with Crippen molar-refractivity contribution in [1.82, 2.24) is 0 Å². The molecule has 22 heavy (non-hydrogen) atoms. The van der Waals surface area contributed by atoms with Gasteiger partial charge < -0.3 is 9.84 Å². The molecule has 120 valence electrons. The molecule has 0 aromatic heterocycles. The van der Waals surface area contributed by atoms with Gasteiger partial charge in [0.1, 0.15) is 5.75 Å². The Bertz CT molecular complexity index is 581. The molecule has 0 amide bonds. The van der Waals surface area contributed by atoms with E-state index in [0.717, 1.165) is 18.1 Å². The van der Waals surface area contributed by atoms with Crippen LogP contribution in [0.5, 0.6) is 5.75 Å². The highest BCUT2D eigenvalue weighted by Crippen LogP contribution is 2.62. The number of fused-ring (bicyclic) bond motifs is 5. The van der Waals surface area contributed by atoms with Crippen molar-refractivity contribution in [3.63, 3.8) is 0 Å². The van der Waals surface area contributed by atoms with Crippen LogP contribution in [-0.2, 0) is 6.42 Å². The minimum absolute atomic E-state index is 0.0919. The first kappa shape index (κ1) is 14.6. The Morgan fingerprint density at radius 3 is 2.86 bits per heavy atom. The minimum Gasteiger partial charge on any atom is -0.497 e. The van der Waals surface area contributed by atoms with E-state index in [1.807, 2.05) is 0 Å². The zero-order chi connectivity index (χ0) is 15.5. The molecule has 3 aliphatic rings. The van der Waals surface area contributed by atoms with Gasteiger partial charge in [-0.1, -0.05) is 19.9 Å². The third-order valence-corrected chi connectivity index (χ3v) is 7.20. The second-order valence-electron chi connectivity index (χ2n) is 8.17. The van der Waals surface area contributed by atoms with Crippen LogP contribution in [0.1, 0.15) is 56.6 Å². The first-order valence-electron chi connectivity index (χ1n) is 8.89. The summed E-state index contributed by atoms with van der Waals surface area (Å²) in [5.74, 6) is 3.79. The van der Waals surface area contributed by atoms with Crippen LogP contribution in [0.25, 0.3) is 0 Å². The molecule has 1 aromatic rings. The molecule has 0 saturated heterocycles. The van der Waals surface area contributed by atoms with Crippen LogP contribution in [-0.4, -0.2) is 18.3 Å². The van der Waals surface area contributed by atoms with Gasteiger partial charge >= 0.3 is 0 Å². The van der Waals surface area contributed by atoms with E-state index < -0.39 is 0 Å². The summed E-state index contributed by atoms with van der Waals surface area (Å²) in [4.78, 5) is 0. The molecule has 4 rings (SSSR count). The summed E-state index contributed by atoms with van der Waals surface area (Å²) in [6.07, 6.45) is 5.77. The van der Waals surface area contributed by atoms with Crippen LogP contribution in [0.3, 0.4) is 0 Å². The van der Waals surface area contributed by atoms with Crippen LogP contribution >= 0.6 is 0 Å². The molecule has 0 spiro atoms. The maximum Gasteiger partial charge on any atom is 0.119 e. The fraction of sp³-hybridized carbons (Fsp3) is 0.700. The van der Waals surface area contributed by atoms with Crippen molar-refractivity contribution in [2.75, 3.05) is 7.11 Å². The third-order valence-electron chi connectivity index (χ3n) is 7.20. The topological polar surface area (TPSA) is 29.5 Å². The number of benzene rings is 1. The van der Waals surface area contributed by atoms with Gasteiger partial charge in [-0.25, -0.2) is 0 Å². The third kappa shape index (κ3) is 1.89.